The van der Waals surface area contributed by atoms with Crippen LogP contribution in [-0.4, -0.2) is 39.1 Å². The first-order valence-corrected chi connectivity index (χ1v) is 11.0. The van der Waals surface area contributed by atoms with Crippen molar-refractivity contribution in [3.63, 3.8) is 0 Å². The minimum absolute atomic E-state index is 0.111. The van der Waals surface area contributed by atoms with Crippen molar-refractivity contribution < 1.29 is 13.9 Å². The monoisotopic (exact) mass is 465 g/mol. The third-order valence-electron chi connectivity index (χ3n) is 5.38. The average Bonchev–Trinajstić information content (AvgIpc) is 3.41. The number of methoxy groups -OCH3 is 1. The van der Waals surface area contributed by atoms with Crippen LogP contribution in [0.25, 0.3) is 22.4 Å². The van der Waals surface area contributed by atoms with Crippen molar-refractivity contribution in [1.29, 1.82) is 0 Å². The number of anilines is 2. The molecule has 2 aromatic heterocycles. The number of nitrogens with one attached hydrogen (secondary N) is 3. The lowest BCUT2D eigenvalue weighted by Gasteiger charge is -2.15. The van der Waals surface area contributed by atoms with Crippen molar-refractivity contribution in [3.05, 3.63) is 60.0 Å². The summed E-state index contributed by atoms with van der Waals surface area (Å²) >= 11 is 0. The number of hydrogen-bond donors (Lipinski definition) is 3. The van der Waals surface area contributed by atoms with Gasteiger partial charge in [0.1, 0.15) is 11.6 Å². The lowest BCUT2D eigenvalue weighted by Crippen LogP contribution is -2.34. The largest absolute Gasteiger partial charge is 0.383 e. The molecule has 0 fully saturated rings. The van der Waals surface area contributed by atoms with Crippen molar-refractivity contribution in [2.75, 3.05) is 24.5 Å². The molecule has 0 aliphatic heterocycles. The van der Waals surface area contributed by atoms with Crippen molar-refractivity contribution >= 4 is 28.6 Å². The Hall–Kier alpha value is -3.92. The molecule has 2 amide bonds. The molecule has 10 heteroatoms. The van der Waals surface area contributed by atoms with Crippen LogP contribution in [0.15, 0.2) is 48.7 Å². The number of fused-ring (bicyclic) bond motifs is 1. The van der Waals surface area contributed by atoms with Gasteiger partial charge in [0.15, 0.2) is 5.82 Å². The summed E-state index contributed by atoms with van der Waals surface area (Å²) in [6, 6.07) is 11.8. The second kappa shape index (κ2) is 9.92. The Labute approximate surface area is 196 Å². The first-order valence-electron chi connectivity index (χ1n) is 11.0. The molecule has 0 radical (unpaired) electrons. The number of imidazole rings is 1. The summed E-state index contributed by atoms with van der Waals surface area (Å²) in [5.74, 6) is 0.889. The SMILES string of the molecule is COCCn1ccc(NNC(=O)Nc2cc(-c3nc4cc(F)ccc4n3C(C)C)ccc2C)n1. The van der Waals surface area contributed by atoms with E-state index in [1.807, 2.05) is 25.1 Å². The van der Waals surface area contributed by atoms with E-state index in [2.05, 4.69) is 44.7 Å². The Morgan fingerprint density at radius 3 is 2.76 bits per heavy atom. The van der Waals surface area contributed by atoms with Crippen LogP contribution in [0, 0.1) is 12.7 Å². The Morgan fingerprint density at radius 2 is 2.00 bits per heavy atom. The van der Waals surface area contributed by atoms with Crippen molar-refractivity contribution in [1.82, 2.24) is 24.8 Å². The van der Waals surface area contributed by atoms with E-state index in [1.54, 1.807) is 30.1 Å². The third kappa shape index (κ3) is 5.01. The van der Waals surface area contributed by atoms with Gasteiger partial charge < -0.3 is 14.6 Å². The number of amides is 2. The highest BCUT2D eigenvalue weighted by Gasteiger charge is 2.17. The second-order valence-corrected chi connectivity index (χ2v) is 8.22. The molecule has 0 unspecified atom stereocenters. The average molecular weight is 466 g/mol. The number of hydrazine groups is 1. The number of aryl methyl sites for hydroxylation is 1. The zero-order valence-electron chi connectivity index (χ0n) is 19.6. The van der Waals surface area contributed by atoms with Gasteiger partial charge in [0.2, 0.25) is 0 Å². The van der Waals surface area contributed by atoms with Crippen LogP contribution in [0.2, 0.25) is 0 Å². The minimum atomic E-state index is -0.439. The second-order valence-electron chi connectivity index (χ2n) is 8.22. The highest BCUT2D eigenvalue weighted by Crippen LogP contribution is 2.31. The van der Waals surface area contributed by atoms with E-state index in [4.69, 9.17) is 4.74 Å². The van der Waals surface area contributed by atoms with Crippen molar-refractivity contribution in [2.24, 2.45) is 0 Å². The van der Waals surface area contributed by atoms with Crippen LogP contribution in [0.4, 0.5) is 20.7 Å². The maximum absolute atomic E-state index is 13.8. The van der Waals surface area contributed by atoms with Gasteiger partial charge in [-0.05, 0) is 44.5 Å². The predicted octanol–water partition coefficient (Wildman–Crippen LogP) is 4.72. The van der Waals surface area contributed by atoms with E-state index in [0.29, 0.717) is 36.0 Å². The Morgan fingerprint density at radius 1 is 1.18 bits per heavy atom. The number of aromatic nitrogens is 4. The lowest BCUT2D eigenvalue weighted by atomic mass is 10.1. The topological polar surface area (TPSA) is 98.0 Å². The van der Waals surface area contributed by atoms with E-state index >= 15 is 0 Å². The highest BCUT2D eigenvalue weighted by atomic mass is 19.1. The molecule has 4 rings (SSSR count). The first kappa shape index (κ1) is 23.2. The predicted molar refractivity (Wildman–Crippen MR) is 130 cm³/mol. The van der Waals surface area contributed by atoms with Gasteiger partial charge in [0, 0.05) is 42.7 Å². The molecule has 0 spiro atoms. The summed E-state index contributed by atoms with van der Waals surface area (Å²) in [5, 5.41) is 7.16. The molecule has 9 nitrogen and oxygen atoms in total. The van der Waals surface area contributed by atoms with Crippen LogP contribution < -0.4 is 16.2 Å². The van der Waals surface area contributed by atoms with Crippen molar-refractivity contribution in [2.45, 2.75) is 33.4 Å². The molecule has 0 atom stereocenters. The molecular formula is C24H28FN7O2. The van der Waals surface area contributed by atoms with Crippen LogP contribution in [0.3, 0.4) is 0 Å². The van der Waals surface area contributed by atoms with Crippen LogP contribution in [-0.2, 0) is 11.3 Å². The van der Waals surface area contributed by atoms with Gasteiger partial charge >= 0.3 is 6.03 Å². The molecule has 0 aliphatic rings. The normalized spacial score (nSPS) is 11.2. The summed E-state index contributed by atoms with van der Waals surface area (Å²) < 4.78 is 22.6. The number of carbonyl (C=O) groups is 1. The Kier molecular flexibility index (Phi) is 6.78. The fourth-order valence-electron chi connectivity index (χ4n) is 3.71. The molecule has 34 heavy (non-hydrogen) atoms. The van der Waals surface area contributed by atoms with Gasteiger partial charge in [-0.15, -0.1) is 0 Å². The molecule has 178 valence electrons. The summed E-state index contributed by atoms with van der Waals surface area (Å²) in [7, 11) is 1.63. The Balaban J connectivity index is 1.52. The molecule has 0 saturated heterocycles. The summed E-state index contributed by atoms with van der Waals surface area (Å²) in [6.45, 7) is 7.17. The molecule has 2 aromatic carbocycles. The number of hydrogen-bond acceptors (Lipinski definition) is 5. The van der Waals surface area contributed by atoms with Crippen LogP contribution >= 0.6 is 0 Å². The first-order chi connectivity index (χ1) is 16.4. The fourth-order valence-corrected chi connectivity index (χ4v) is 3.71. The van der Waals surface area contributed by atoms with Gasteiger partial charge in [0.05, 0.1) is 24.2 Å². The number of urea groups is 1. The molecular weight excluding hydrogens is 437 g/mol. The molecule has 0 aliphatic carbocycles. The van der Waals surface area contributed by atoms with E-state index in [1.165, 1.54) is 12.1 Å². The summed E-state index contributed by atoms with van der Waals surface area (Å²) in [4.78, 5) is 17.2. The van der Waals surface area contributed by atoms with Gasteiger partial charge in [-0.1, -0.05) is 12.1 Å². The van der Waals surface area contributed by atoms with E-state index in [0.717, 1.165) is 16.6 Å². The maximum Gasteiger partial charge on any atom is 0.337 e. The molecule has 0 bridgehead atoms. The minimum Gasteiger partial charge on any atom is -0.383 e. The number of halogens is 1. The van der Waals surface area contributed by atoms with E-state index < -0.39 is 6.03 Å². The molecule has 0 saturated carbocycles. The zero-order valence-corrected chi connectivity index (χ0v) is 19.6. The highest BCUT2D eigenvalue weighted by molar-refractivity contribution is 5.92. The van der Waals surface area contributed by atoms with Gasteiger partial charge in [-0.3, -0.25) is 10.1 Å². The van der Waals surface area contributed by atoms with Gasteiger partial charge in [-0.25, -0.2) is 19.6 Å². The maximum atomic E-state index is 13.8. The summed E-state index contributed by atoms with van der Waals surface area (Å²) in [6.07, 6.45) is 1.79. The Bertz CT molecular complexity index is 1310. The molecule has 4 aromatic rings. The number of rotatable bonds is 8. The van der Waals surface area contributed by atoms with Crippen LogP contribution in [0.5, 0.6) is 0 Å². The summed E-state index contributed by atoms with van der Waals surface area (Å²) in [5.41, 5.74) is 9.16. The number of carbonyl (C=O) groups excluding carboxylic acids is 1. The number of nitrogens with zero attached hydrogens (tertiary/aromatic N) is 4. The third-order valence-corrected chi connectivity index (χ3v) is 5.38. The number of ether oxygens (including phenoxy) is 1. The fraction of sp³-hybridized carbons (Fsp3) is 0.292. The van der Waals surface area contributed by atoms with E-state index in [-0.39, 0.29) is 11.9 Å². The smallest absolute Gasteiger partial charge is 0.337 e. The molecule has 3 N–H and O–H groups in total. The van der Waals surface area contributed by atoms with Crippen LogP contribution in [0.1, 0.15) is 25.5 Å². The lowest BCUT2D eigenvalue weighted by molar-refractivity contribution is 0.183. The standard InChI is InChI=1S/C24H28FN7O2/c1-15(2)32-21-8-7-18(25)14-20(21)26-23(32)17-6-5-16(3)19(13-17)27-24(33)29-28-22-9-10-31(30-22)11-12-34-4/h5-10,13-15H,11-12H2,1-4H3,(H,28,30)(H2,27,29,33). The van der Waals surface area contributed by atoms with E-state index in [9.17, 15) is 9.18 Å². The molecule has 2 heterocycles. The quantitative estimate of drug-likeness (QED) is 0.327. The van der Waals surface area contributed by atoms with Crippen molar-refractivity contribution in [3.8, 4) is 11.4 Å². The number of benzene rings is 2. The van der Waals surface area contributed by atoms with Gasteiger partial charge in [-0.2, -0.15) is 5.10 Å². The van der Waals surface area contributed by atoms with Gasteiger partial charge in [0.25, 0.3) is 0 Å². The zero-order chi connectivity index (χ0) is 24.2.